The molecule has 23 heavy (non-hydrogen) atoms. The van der Waals surface area contributed by atoms with E-state index in [1.54, 1.807) is 18.3 Å². The van der Waals surface area contributed by atoms with Gasteiger partial charge in [-0.1, -0.05) is 0 Å². The highest BCUT2D eigenvalue weighted by atomic mass is 19.4. The summed E-state index contributed by atoms with van der Waals surface area (Å²) in [6.07, 6.45) is 0.252. The number of ether oxygens (including phenoxy) is 1. The van der Waals surface area contributed by atoms with E-state index in [9.17, 15) is 13.2 Å². The molecule has 0 radical (unpaired) electrons. The number of nitrogens with zero attached hydrogens (tertiary/aromatic N) is 2. The first-order valence-electron chi connectivity index (χ1n) is 7.41. The van der Waals surface area contributed by atoms with E-state index in [-0.39, 0.29) is 11.7 Å². The molecule has 0 amide bonds. The van der Waals surface area contributed by atoms with E-state index in [0.717, 1.165) is 43.9 Å². The van der Waals surface area contributed by atoms with Crippen molar-refractivity contribution in [3.05, 3.63) is 48.0 Å². The third kappa shape index (κ3) is 3.79. The lowest BCUT2D eigenvalue weighted by atomic mass is 9.93. The molecular weight excluding hydrogens is 307 g/mol. The van der Waals surface area contributed by atoms with E-state index < -0.39 is 11.9 Å². The number of alkyl halides is 3. The maximum absolute atomic E-state index is 12.5. The first kappa shape index (κ1) is 15.7. The van der Waals surface area contributed by atoms with Crippen molar-refractivity contribution in [2.24, 2.45) is 0 Å². The van der Waals surface area contributed by atoms with Crippen molar-refractivity contribution in [1.82, 2.24) is 15.3 Å². The van der Waals surface area contributed by atoms with Gasteiger partial charge in [-0.15, -0.1) is 0 Å². The number of hydrogen-bond donors (Lipinski definition) is 1. The Balaban J connectivity index is 1.80. The van der Waals surface area contributed by atoms with Crippen molar-refractivity contribution in [2.75, 3.05) is 13.1 Å². The molecular formula is C16H16F3N3O. The van der Waals surface area contributed by atoms with Crippen LogP contribution in [-0.4, -0.2) is 23.1 Å². The fourth-order valence-electron chi connectivity index (χ4n) is 2.63. The number of halogens is 3. The maximum Gasteiger partial charge on any atom is 0.433 e. The van der Waals surface area contributed by atoms with E-state index in [2.05, 4.69) is 15.3 Å². The van der Waals surface area contributed by atoms with Crippen LogP contribution in [0.1, 0.15) is 30.1 Å². The average molecular weight is 323 g/mol. The van der Waals surface area contributed by atoms with Crippen LogP contribution in [-0.2, 0) is 6.18 Å². The van der Waals surface area contributed by atoms with Gasteiger partial charge in [-0.2, -0.15) is 13.2 Å². The second-order valence-corrected chi connectivity index (χ2v) is 5.39. The summed E-state index contributed by atoms with van der Waals surface area (Å²) in [5.74, 6) is 1.12. The van der Waals surface area contributed by atoms with Crippen molar-refractivity contribution >= 4 is 0 Å². The Morgan fingerprint density at radius 3 is 2.52 bits per heavy atom. The Morgan fingerprint density at radius 1 is 1.09 bits per heavy atom. The zero-order valence-electron chi connectivity index (χ0n) is 12.3. The summed E-state index contributed by atoms with van der Waals surface area (Å²) in [5, 5.41) is 3.29. The van der Waals surface area contributed by atoms with E-state index in [1.807, 2.05) is 0 Å². The van der Waals surface area contributed by atoms with E-state index in [0.29, 0.717) is 5.75 Å². The highest BCUT2D eigenvalue weighted by molar-refractivity contribution is 5.35. The molecule has 0 bridgehead atoms. The van der Waals surface area contributed by atoms with Gasteiger partial charge < -0.3 is 10.1 Å². The summed E-state index contributed by atoms with van der Waals surface area (Å²) in [7, 11) is 0. The average Bonchev–Trinajstić information content (AvgIpc) is 2.56. The third-order valence-corrected chi connectivity index (χ3v) is 3.78. The van der Waals surface area contributed by atoms with Crippen molar-refractivity contribution in [2.45, 2.75) is 24.9 Å². The van der Waals surface area contributed by atoms with Crippen molar-refractivity contribution < 1.29 is 17.9 Å². The lowest BCUT2D eigenvalue weighted by molar-refractivity contribution is -0.141. The zero-order valence-corrected chi connectivity index (χ0v) is 12.3. The van der Waals surface area contributed by atoms with Crippen molar-refractivity contribution in [3.8, 4) is 11.5 Å². The van der Waals surface area contributed by atoms with Gasteiger partial charge in [0.25, 0.3) is 0 Å². The second-order valence-electron chi connectivity index (χ2n) is 5.39. The highest BCUT2D eigenvalue weighted by Gasteiger charge is 2.32. The maximum atomic E-state index is 12.5. The minimum Gasteiger partial charge on any atom is -0.454 e. The molecule has 0 aliphatic carbocycles. The lowest BCUT2D eigenvalue weighted by Crippen LogP contribution is -2.27. The molecule has 0 aromatic carbocycles. The Morgan fingerprint density at radius 2 is 1.87 bits per heavy atom. The molecule has 1 N–H and O–H groups in total. The van der Waals surface area contributed by atoms with Crippen LogP contribution in [0.25, 0.3) is 0 Å². The minimum atomic E-state index is -4.45. The van der Waals surface area contributed by atoms with E-state index in [4.69, 9.17) is 4.74 Å². The second kappa shape index (κ2) is 6.54. The van der Waals surface area contributed by atoms with Crippen molar-refractivity contribution in [3.63, 3.8) is 0 Å². The topological polar surface area (TPSA) is 47.0 Å². The molecule has 1 aliphatic rings. The Hall–Kier alpha value is -2.15. The van der Waals surface area contributed by atoms with Crippen LogP contribution in [0.2, 0.25) is 0 Å². The largest absolute Gasteiger partial charge is 0.454 e. The monoisotopic (exact) mass is 323 g/mol. The summed E-state index contributed by atoms with van der Waals surface area (Å²) in [6.45, 7) is 1.84. The van der Waals surface area contributed by atoms with Gasteiger partial charge in [0.1, 0.15) is 17.2 Å². The van der Waals surface area contributed by atoms with Gasteiger partial charge in [0.2, 0.25) is 0 Å². The number of rotatable bonds is 3. The van der Waals surface area contributed by atoms with Gasteiger partial charge in [0, 0.05) is 12.1 Å². The summed E-state index contributed by atoms with van der Waals surface area (Å²) >= 11 is 0. The quantitative estimate of drug-likeness (QED) is 0.934. The third-order valence-electron chi connectivity index (χ3n) is 3.78. The molecule has 0 saturated carbocycles. The molecule has 2 aromatic rings. The Kier molecular flexibility index (Phi) is 4.47. The predicted octanol–water partition coefficient (Wildman–Crippen LogP) is 3.75. The van der Waals surface area contributed by atoms with Gasteiger partial charge in [-0.3, -0.25) is 4.98 Å². The highest BCUT2D eigenvalue weighted by Crippen LogP contribution is 2.34. The van der Waals surface area contributed by atoms with Gasteiger partial charge in [-0.25, -0.2) is 4.98 Å². The normalized spacial score (nSPS) is 16.3. The Labute approximate surface area is 131 Å². The van der Waals surface area contributed by atoms with Crippen LogP contribution in [0.4, 0.5) is 13.2 Å². The molecule has 122 valence electrons. The first-order valence-corrected chi connectivity index (χ1v) is 7.41. The molecule has 0 unspecified atom stereocenters. The van der Waals surface area contributed by atoms with Gasteiger partial charge >= 0.3 is 6.18 Å². The fraction of sp³-hybridized carbons (Fsp3) is 0.375. The molecule has 1 aliphatic heterocycles. The molecule has 2 aromatic heterocycles. The van der Waals surface area contributed by atoms with Crippen LogP contribution >= 0.6 is 0 Å². The van der Waals surface area contributed by atoms with Gasteiger partial charge in [-0.05, 0) is 50.2 Å². The molecule has 3 rings (SSSR count). The Bertz CT molecular complexity index is 652. The molecule has 1 fully saturated rings. The first-order chi connectivity index (χ1) is 11.0. The summed E-state index contributed by atoms with van der Waals surface area (Å²) in [4.78, 5) is 7.81. The number of piperidine rings is 1. The molecule has 0 spiro atoms. The fourth-order valence-corrected chi connectivity index (χ4v) is 2.63. The molecule has 7 heteroatoms. The number of nitrogens with one attached hydrogen (secondary N) is 1. The zero-order chi connectivity index (χ0) is 16.3. The predicted molar refractivity (Wildman–Crippen MR) is 78.4 cm³/mol. The smallest absolute Gasteiger partial charge is 0.433 e. The standard InChI is InChI=1S/C16H16F3N3O/c17-16(18,19)14-4-3-12(10-22-14)23-13-2-1-7-21-15(13)11-5-8-20-9-6-11/h1-4,7,10-11,20H,5-6,8-9H2. The van der Waals surface area contributed by atoms with E-state index in [1.165, 1.54) is 6.07 Å². The summed E-state index contributed by atoms with van der Waals surface area (Å²) in [6, 6.07) is 5.71. The molecule has 1 saturated heterocycles. The SMILES string of the molecule is FC(F)(F)c1ccc(Oc2cccnc2C2CCNCC2)cn1. The minimum absolute atomic E-state index is 0.265. The van der Waals surface area contributed by atoms with Crippen LogP contribution in [0, 0.1) is 0 Å². The number of aromatic nitrogens is 2. The molecule has 4 nitrogen and oxygen atoms in total. The number of hydrogen-bond acceptors (Lipinski definition) is 4. The van der Waals surface area contributed by atoms with Crippen LogP contribution in [0.3, 0.4) is 0 Å². The molecule has 3 heterocycles. The van der Waals surface area contributed by atoms with Crippen LogP contribution < -0.4 is 10.1 Å². The van der Waals surface area contributed by atoms with Crippen LogP contribution in [0.5, 0.6) is 11.5 Å². The van der Waals surface area contributed by atoms with E-state index >= 15 is 0 Å². The van der Waals surface area contributed by atoms with Crippen LogP contribution in [0.15, 0.2) is 36.7 Å². The number of pyridine rings is 2. The lowest BCUT2D eigenvalue weighted by Gasteiger charge is -2.23. The van der Waals surface area contributed by atoms with Gasteiger partial charge in [0.05, 0.1) is 11.9 Å². The summed E-state index contributed by atoms with van der Waals surface area (Å²) in [5.41, 5.74) is -0.0940. The summed E-state index contributed by atoms with van der Waals surface area (Å²) < 4.78 is 43.3. The van der Waals surface area contributed by atoms with Crippen molar-refractivity contribution in [1.29, 1.82) is 0 Å². The molecule has 0 atom stereocenters. The van der Waals surface area contributed by atoms with Gasteiger partial charge in [0.15, 0.2) is 0 Å².